The minimum absolute atomic E-state index is 0.279. The van der Waals surface area contributed by atoms with Crippen LogP contribution in [0.4, 0.5) is 5.69 Å². The molecule has 3 N–H and O–H groups in total. The predicted octanol–water partition coefficient (Wildman–Crippen LogP) is 2.68. The maximum absolute atomic E-state index is 8.75. The molecule has 1 rings (SSSR count). The lowest BCUT2D eigenvalue weighted by atomic mass is 9.86. The minimum atomic E-state index is -0.288. The van der Waals surface area contributed by atoms with Gasteiger partial charge in [0.1, 0.15) is 11.6 Å². The molecule has 0 spiro atoms. The van der Waals surface area contributed by atoms with Crippen molar-refractivity contribution < 1.29 is 9.94 Å². The number of nitrogens with two attached hydrogens (primary N) is 1. The van der Waals surface area contributed by atoms with Gasteiger partial charge in [-0.25, -0.2) is 0 Å². The molecule has 20 heavy (non-hydrogen) atoms. The van der Waals surface area contributed by atoms with Crippen LogP contribution in [0.25, 0.3) is 0 Å². The monoisotopic (exact) mass is 279 g/mol. The van der Waals surface area contributed by atoms with Crippen LogP contribution in [-0.4, -0.2) is 31.7 Å². The second-order valence-corrected chi connectivity index (χ2v) is 5.60. The summed E-state index contributed by atoms with van der Waals surface area (Å²) in [5.74, 6) is 1.13. The largest absolute Gasteiger partial charge is 0.497 e. The summed E-state index contributed by atoms with van der Waals surface area (Å²) in [7, 11) is 3.71. The van der Waals surface area contributed by atoms with Gasteiger partial charge >= 0.3 is 0 Å². The summed E-state index contributed by atoms with van der Waals surface area (Å²) in [6.45, 7) is 4.86. The fraction of sp³-hybridized carbons (Fsp3) is 0.533. The van der Waals surface area contributed by atoms with Gasteiger partial charge < -0.3 is 20.6 Å². The van der Waals surface area contributed by atoms with Gasteiger partial charge in [-0.2, -0.15) is 0 Å². The van der Waals surface area contributed by atoms with Crippen LogP contribution in [0.2, 0.25) is 0 Å². The van der Waals surface area contributed by atoms with Crippen molar-refractivity contribution in [3.8, 4) is 5.75 Å². The minimum Gasteiger partial charge on any atom is -0.497 e. The van der Waals surface area contributed by atoms with Crippen molar-refractivity contribution in [1.82, 2.24) is 0 Å². The van der Waals surface area contributed by atoms with Crippen LogP contribution in [0.5, 0.6) is 5.75 Å². The van der Waals surface area contributed by atoms with E-state index in [0.717, 1.165) is 30.8 Å². The standard InChI is InChI=1S/C15H25N3O2/c1-15(2,14(16)17-19)9-6-10-18(3)12-7-5-8-13(11-12)20-4/h5,7-8,11,19H,6,9-10H2,1-4H3,(H2,16,17). The Morgan fingerprint density at radius 3 is 2.75 bits per heavy atom. The number of oxime groups is 1. The predicted molar refractivity (Wildman–Crippen MR) is 82.7 cm³/mol. The zero-order chi connectivity index (χ0) is 15.2. The fourth-order valence-corrected chi connectivity index (χ4v) is 2.00. The van der Waals surface area contributed by atoms with Gasteiger partial charge in [0.15, 0.2) is 0 Å². The van der Waals surface area contributed by atoms with E-state index in [0.29, 0.717) is 0 Å². The molecule has 0 amide bonds. The first-order valence-electron chi connectivity index (χ1n) is 6.74. The number of hydrogen-bond acceptors (Lipinski definition) is 4. The third-order valence-electron chi connectivity index (χ3n) is 3.59. The molecular formula is C15H25N3O2. The van der Waals surface area contributed by atoms with Crippen molar-refractivity contribution in [3.05, 3.63) is 24.3 Å². The number of anilines is 1. The van der Waals surface area contributed by atoms with E-state index in [1.165, 1.54) is 0 Å². The van der Waals surface area contributed by atoms with E-state index in [1.54, 1.807) is 7.11 Å². The molecule has 0 saturated heterocycles. The highest BCUT2D eigenvalue weighted by molar-refractivity contribution is 5.85. The van der Waals surface area contributed by atoms with Gasteiger partial charge in [0, 0.05) is 30.8 Å². The molecule has 0 heterocycles. The molecule has 0 fully saturated rings. The van der Waals surface area contributed by atoms with Crippen LogP contribution >= 0.6 is 0 Å². The lowest BCUT2D eigenvalue weighted by Gasteiger charge is -2.25. The molecule has 0 bridgehead atoms. The molecule has 0 saturated carbocycles. The average molecular weight is 279 g/mol. The van der Waals surface area contributed by atoms with Crippen LogP contribution < -0.4 is 15.4 Å². The zero-order valence-electron chi connectivity index (χ0n) is 12.8. The Morgan fingerprint density at radius 2 is 2.15 bits per heavy atom. The third kappa shape index (κ3) is 4.33. The van der Waals surface area contributed by atoms with Gasteiger partial charge in [0.05, 0.1) is 7.11 Å². The van der Waals surface area contributed by atoms with Gasteiger partial charge in [-0.15, -0.1) is 0 Å². The first-order chi connectivity index (χ1) is 9.40. The van der Waals surface area contributed by atoms with E-state index >= 15 is 0 Å². The molecule has 0 aliphatic carbocycles. The van der Waals surface area contributed by atoms with Crippen LogP contribution in [0.3, 0.4) is 0 Å². The highest BCUT2D eigenvalue weighted by Crippen LogP contribution is 2.24. The molecule has 1 aromatic carbocycles. The zero-order valence-corrected chi connectivity index (χ0v) is 12.8. The smallest absolute Gasteiger partial charge is 0.144 e. The number of amidine groups is 1. The molecule has 0 unspecified atom stereocenters. The van der Waals surface area contributed by atoms with E-state index in [1.807, 2.05) is 39.1 Å². The third-order valence-corrected chi connectivity index (χ3v) is 3.59. The molecule has 5 nitrogen and oxygen atoms in total. The average Bonchev–Trinajstić information content (AvgIpc) is 2.46. The lowest BCUT2D eigenvalue weighted by molar-refractivity contribution is 0.305. The quantitative estimate of drug-likeness (QED) is 0.348. The van der Waals surface area contributed by atoms with Gasteiger partial charge in [-0.05, 0) is 25.0 Å². The van der Waals surface area contributed by atoms with E-state index in [4.69, 9.17) is 15.7 Å². The molecule has 0 aromatic heterocycles. The maximum atomic E-state index is 8.75. The molecular weight excluding hydrogens is 254 g/mol. The number of rotatable bonds is 7. The number of nitrogens with zero attached hydrogens (tertiary/aromatic N) is 2. The van der Waals surface area contributed by atoms with Crippen molar-refractivity contribution in [2.75, 3.05) is 25.6 Å². The molecule has 0 aliphatic heterocycles. The fourth-order valence-electron chi connectivity index (χ4n) is 2.00. The van der Waals surface area contributed by atoms with E-state index in [2.05, 4.69) is 16.1 Å². The van der Waals surface area contributed by atoms with Crippen molar-refractivity contribution in [1.29, 1.82) is 0 Å². The van der Waals surface area contributed by atoms with Crippen molar-refractivity contribution in [2.45, 2.75) is 26.7 Å². The highest BCUT2D eigenvalue weighted by Gasteiger charge is 2.23. The first-order valence-corrected chi connectivity index (χ1v) is 6.74. The topological polar surface area (TPSA) is 71.1 Å². The van der Waals surface area contributed by atoms with E-state index < -0.39 is 0 Å². The molecule has 5 heteroatoms. The van der Waals surface area contributed by atoms with Crippen LogP contribution in [0.1, 0.15) is 26.7 Å². The second-order valence-electron chi connectivity index (χ2n) is 5.60. The normalized spacial score (nSPS) is 12.3. The number of hydrogen-bond donors (Lipinski definition) is 2. The number of ether oxygens (including phenoxy) is 1. The van der Waals surface area contributed by atoms with Gasteiger partial charge in [-0.1, -0.05) is 25.1 Å². The summed E-state index contributed by atoms with van der Waals surface area (Å²) in [5, 5.41) is 11.9. The molecule has 112 valence electrons. The Labute approximate surface area is 121 Å². The van der Waals surface area contributed by atoms with E-state index in [9.17, 15) is 0 Å². The van der Waals surface area contributed by atoms with Crippen LogP contribution in [-0.2, 0) is 0 Å². The Hall–Kier alpha value is -1.91. The van der Waals surface area contributed by atoms with Gasteiger partial charge in [0.2, 0.25) is 0 Å². The Kier molecular flexibility index (Phi) is 5.67. The molecule has 0 radical (unpaired) electrons. The first kappa shape index (κ1) is 16.1. The molecule has 1 aromatic rings. The Bertz CT molecular complexity index is 458. The van der Waals surface area contributed by atoms with Crippen LogP contribution in [0, 0.1) is 5.41 Å². The van der Waals surface area contributed by atoms with Gasteiger partial charge in [-0.3, -0.25) is 0 Å². The van der Waals surface area contributed by atoms with Crippen LogP contribution in [0.15, 0.2) is 29.4 Å². The SMILES string of the molecule is COc1cccc(N(C)CCCC(C)(C)C(N)=NO)c1. The maximum Gasteiger partial charge on any atom is 0.144 e. The van der Waals surface area contributed by atoms with Crippen molar-refractivity contribution in [3.63, 3.8) is 0 Å². The van der Waals surface area contributed by atoms with Gasteiger partial charge in [0.25, 0.3) is 0 Å². The Morgan fingerprint density at radius 1 is 1.45 bits per heavy atom. The Balaban J connectivity index is 2.53. The summed E-state index contributed by atoms with van der Waals surface area (Å²) < 4.78 is 5.22. The summed E-state index contributed by atoms with van der Waals surface area (Å²) in [6.07, 6.45) is 1.81. The number of benzene rings is 1. The summed E-state index contributed by atoms with van der Waals surface area (Å²) in [4.78, 5) is 2.17. The van der Waals surface area contributed by atoms with E-state index in [-0.39, 0.29) is 11.3 Å². The summed E-state index contributed by atoms with van der Waals surface area (Å²) >= 11 is 0. The second kappa shape index (κ2) is 7.03. The molecule has 0 aliphatic rings. The number of methoxy groups -OCH3 is 1. The highest BCUT2D eigenvalue weighted by atomic mass is 16.5. The summed E-state index contributed by atoms with van der Waals surface area (Å²) in [6, 6.07) is 7.97. The van der Waals surface area contributed by atoms with Crippen molar-refractivity contribution in [2.24, 2.45) is 16.3 Å². The lowest BCUT2D eigenvalue weighted by Crippen LogP contribution is -2.32. The molecule has 0 atom stereocenters. The summed E-state index contributed by atoms with van der Waals surface area (Å²) in [5.41, 5.74) is 6.52. The van der Waals surface area contributed by atoms with Crippen molar-refractivity contribution >= 4 is 11.5 Å².